The Bertz CT molecular complexity index is 719. The molecule has 0 spiro atoms. The highest BCUT2D eigenvalue weighted by atomic mass is 28.3. The zero-order valence-electron chi connectivity index (χ0n) is 15.1. The Morgan fingerprint density at radius 3 is 2.08 bits per heavy atom. The average Bonchev–Trinajstić information content (AvgIpc) is 2.60. The van der Waals surface area contributed by atoms with Gasteiger partial charge in [-0.15, -0.1) is 0 Å². The normalized spacial score (nSPS) is 12.2. The third kappa shape index (κ3) is 6.72. The van der Waals surface area contributed by atoms with Crippen LogP contribution in [0.3, 0.4) is 0 Å². The molecule has 2 N–H and O–H groups in total. The number of carboxylic acids is 1. The van der Waals surface area contributed by atoms with Crippen LogP contribution in [0.5, 0.6) is 0 Å². The van der Waals surface area contributed by atoms with Crippen molar-refractivity contribution < 1.29 is 19.4 Å². The molecule has 0 heterocycles. The SMILES string of the molecule is C[Si](C)(Cc1ccccc1)C[C@H](NC(=O)OCc1ccccc1)C(=O)O. The first-order valence-electron chi connectivity index (χ1n) is 8.60. The number of carbonyl (C=O) groups excluding carboxylic acids is 1. The largest absolute Gasteiger partial charge is 0.480 e. The lowest BCUT2D eigenvalue weighted by Gasteiger charge is -2.26. The van der Waals surface area contributed by atoms with Crippen LogP contribution in [0.2, 0.25) is 19.1 Å². The van der Waals surface area contributed by atoms with Crippen LogP contribution in [-0.2, 0) is 22.2 Å². The highest BCUT2D eigenvalue weighted by Crippen LogP contribution is 2.19. The van der Waals surface area contributed by atoms with Gasteiger partial charge < -0.3 is 15.2 Å². The summed E-state index contributed by atoms with van der Waals surface area (Å²) in [6, 6.07) is 19.7. The molecular formula is C20H25NO4Si. The number of carboxylic acid groups (broad SMARTS) is 1. The molecule has 0 aliphatic heterocycles. The molecule has 2 rings (SSSR count). The fraction of sp³-hybridized carbons (Fsp3) is 0.300. The number of hydrogen-bond donors (Lipinski definition) is 2. The summed E-state index contributed by atoms with van der Waals surface area (Å²) in [5.74, 6) is -1.03. The summed E-state index contributed by atoms with van der Waals surface area (Å²) in [6.45, 7) is 4.38. The molecule has 0 radical (unpaired) electrons. The monoisotopic (exact) mass is 371 g/mol. The summed E-state index contributed by atoms with van der Waals surface area (Å²) in [5, 5.41) is 12.0. The van der Waals surface area contributed by atoms with Crippen molar-refractivity contribution in [1.29, 1.82) is 0 Å². The first-order valence-corrected chi connectivity index (χ1v) is 12.0. The second-order valence-corrected chi connectivity index (χ2v) is 12.2. The Balaban J connectivity index is 1.90. The van der Waals surface area contributed by atoms with Crippen LogP contribution in [0.1, 0.15) is 11.1 Å². The second kappa shape index (κ2) is 9.19. The zero-order valence-corrected chi connectivity index (χ0v) is 16.1. The number of ether oxygens (including phenoxy) is 1. The van der Waals surface area contributed by atoms with E-state index >= 15 is 0 Å². The van der Waals surface area contributed by atoms with Crippen LogP contribution in [0, 0.1) is 0 Å². The van der Waals surface area contributed by atoms with E-state index in [-0.39, 0.29) is 6.61 Å². The topological polar surface area (TPSA) is 75.6 Å². The van der Waals surface area contributed by atoms with E-state index in [1.807, 2.05) is 60.7 Å². The molecule has 5 nitrogen and oxygen atoms in total. The summed E-state index contributed by atoms with van der Waals surface area (Å²) in [6.07, 6.45) is -0.703. The predicted octanol–water partition coefficient (Wildman–Crippen LogP) is 3.86. The van der Waals surface area contributed by atoms with E-state index in [1.165, 1.54) is 5.56 Å². The van der Waals surface area contributed by atoms with Gasteiger partial charge in [-0.3, -0.25) is 4.79 Å². The molecule has 0 aliphatic rings. The summed E-state index contributed by atoms with van der Waals surface area (Å²) < 4.78 is 5.14. The Morgan fingerprint density at radius 1 is 1.00 bits per heavy atom. The third-order valence-corrected chi connectivity index (χ3v) is 6.96. The number of alkyl carbamates (subject to hydrolysis) is 1. The van der Waals surface area contributed by atoms with Crippen LogP contribution in [-0.4, -0.2) is 31.3 Å². The second-order valence-electron chi connectivity index (χ2n) is 7.13. The third-order valence-electron chi connectivity index (χ3n) is 4.09. The lowest BCUT2D eigenvalue weighted by Crippen LogP contribution is -2.47. The lowest BCUT2D eigenvalue weighted by atomic mass is 10.2. The lowest BCUT2D eigenvalue weighted by molar-refractivity contribution is -0.138. The van der Waals surface area contributed by atoms with E-state index in [4.69, 9.17) is 4.74 Å². The van der Waals surface area contributed by atoms with Gasteiger partial charge in [0.25, 0.3) is 0 Å². The molecule has 0 unspecified atom stereocenters. The molecule has 6 heteroatoms. The van der Waals surface area contributed by atoms with Crippen LogP contribution >= 0.6 is 0 Å². The van der Waals surface area contributed by atoms with Crippen molar-refractivity contribution in [3.8, 4) is 0 Å². The van der Waals surface area contributed by atoms with Gasteiger partial charge in [-0.1, -0.05) is 79.3 Å². The molecule has 0 saturated heterocycles. The minimum atomic E-state index is -1.87. The van der Waals surface area contributed by atoms with E-state index < -0.39 is 26.2 Å². The van der Waals surface area contributed by atoms with Crippen molar-refractivity contribution in [2.45, 2.75) is 37.8 Å². The van der Waals surface area contributed by atoms with Crippen LogP contribution in [0.25, 0.3) is 0 Å². The van der Waals surface area contributed by atoms with Crippen molar-refractivity contribution in [2.75, 3.05) is 0 Å². The molecule has 0 bridgehead atoms. The van der Waals surface area contributed by atoms with Gasteiger partial charge in [-0.05, 0) is 17.7 Å². The Kier molecular flexibility index (Phi) is 6.97. The molecule has 2 aromatic rings. The molecule has 0 aromatic heterocycles. The highest BCUT2D eigenvalue weighted by Gasteiger charge is 2.31. The first kappa shape index (κ1) is 19.7. The molecule has 138 valence electrons. The van der Waals surface area contributed by atoms with Gasteiger partial charge in [0.05, 0.1) is 8.07 Å². The fourth-order valence-electron chi connectivity index (χ4n) is 2.88. The van der Waals surface area contributed by atoms with Crippen molar-refractivity contribution in [2.24, 2.45) is 0 Å². The molecule has 2 aromatic carbocycles. The first-order chi connectivity index (χ1) is 12.4. The molecule has 0 saturated carbocycles. The fourth-order valence-corrected chi connectivity index (χ4v) is 5.75. The van der Waals surface area contributed by atoms with Gasteiger partial charge in [-0.25, -0.2) is 4.79 Å². The van der Waals surface area contributed by atoms with Crippen molar-refractivity contribution in [3.05, 3.63) is 71.8 Å². The number of rotatable bonds is 8. The predicted molar refractivity (Wildman–Crippen MR) is 104 cm³/mol. The smallest absolute Gasteiger partial charge is 0.408 e. The van der Waals surface area contributed by atoms with Gasteiger partial charge in [0.2, 0.25) is 0 Å². The quantitative estimate of drug-likeness (QED) is 0.691. The molecule has 0 fully saturated rings. The van der Waals surface area contributed by atoms with Gasteiger partial charge in [0.15, 0.2) is 0 Å². The van der Waals surface area contributed by atoms with E-state index in [0.29, 0.717) is 6.04 Å². The zero-order chi connectivity index (χ0) is 19.0. The Morgan fingerprint density at radius 2 is 1.54 bits per heavy atom. The molecule has 0 aliphatic carbocycles. The number of nitrogens with one attached hydrogen (secondary N) is 1. The maximum Gasteiger partial charge on any atom is 0.408 e. The van der Waals surface area contributed by atoms with Gasteiger partial charge in [-0.2, -0.15) is 0 Å². The van der Waals surface area contributed by atoms with E-state index in [9.17, 15) is 14.7 Å². The highest BCUT2D eigenvalue weighted by molar-refractivity contribution is 6.77. The Hall–Kier alpha value is -2.60. The van der Waals surface area contributed by atoms with Crippen LogP contribution in [0.15, 0.2) is 60.7 Å². The van der Waals surface area contributed by atoms with Crippen molar-refractivity contribution >= 4 is 20.1 Å². The maximum atomic E-state index is 12.0. The van der Waals surface area contributed by atoms with E-state index in [2.05, 4.69) is 18.4 Å². The van der Waals surface area contributed by atoms with E-state index in [0.717, 1.165) is 11.6 Å². The van der Waals surface area contributed by atoms with Gasteiger partial charge in [0.1, 0.15) is 12.6 Å². The van der Waals surface area contributed by atoms with Gasteiger partial charge in [0, 0.05) is 0 Å². The minimum absolute atomic E-state index is 0.115. The summed E-state index contributed by atoms with van der Waals surface area (Å²) in [7, 11) is -1.87. The molecular weight excluding hydrogens is 346 g/mol. The maximum absolute atomic E-state index is 12.0. The Labute approximate surface area is 155 Å². The summed E-state index contributed by atoms with van der Waals surface area (Å²) in [5.41, 5.74) is 2.05. The summed E-state index contributed by atoms with van der Waals surface area (Å²) >= 11 is 0. The van der Waals surface area contributed by atoms with E-state index in [1.54, 1.807) is 0 Å². The van der Waals surface area contributed by atoms with Crippen LogP contribution < -0.4 is 5.32 Å². The standard InChI is InChI=1S/C20H25NO4Si/c1-26(2,14-17-11-7-4-8-12-17)15-18(19(22)23)21-20(24)25-13-16-9-5-3-6-10-16/h3-12,18H,13-15H2,1-2H3,(H,21,24)(H,22,23)/t18-/m0/s1. The number of aliphatic carboxylic acids is 1. The number of hydrogen-bond acceptors (Lipinski definition) is 3. The molecule has 1 amide bonds. The van der Waals surface area contributed by atoms with Gasteiger partial charge >= 0.3 is 12.1 Å². The average molecular weight is 372 g/mol. The van der Waals surface area contributed by atoms with Crippen molar-refractivity contribution in [3.63, 3.8) is 0 Å². The minimum Gasteiger partial charge on any atom is -0.480 e. The van der Waals surface area contributed by atoms with Crippen LogP contribution in [0.4, 0.5) is 4.79 Å². The number of amides is 1. The molecule has 26 heavy (non-hydrogen) atoms. The summed E-state index contributed by atoms with van der Waals surface area (Å²) in [4.78, 5) is 23.6. The number of carbonyl (C=O) groups is 2. The van der Waals surface area contributed by atoms with Crippen molar-refractivity contribution in [1.82, 2.24) is 5.32 Å². The number of benzene rings is 2. The molecule has 1 atom stereocenters.